The summed E-state index contributed by atoms with van der Waals surface area (Å²) in [6, 6.07) is 9.45. The van der Waals surface area contributed by atoms with E-state index in [9.17, 15) is 14.3 Å². The molecular formula is C17H20FNO3. The second-order valence-electron chi connectivity index (χ2n) is 5.68. The first kappa shape index (κ1) is 16.2. The van der Waals surface area contributed by atoms with Gasteiger partial charge >= 0.3 is 0 Å². The van der Waals surface area contributed by atoms with Gasteiger partial charge in [0, 0.05) is 6.42 Å². The number of nitrogens with one attached hydrogen (secondary N) is 1. The number of amides is 1. The van der Waals surface area contributed by atoms with E-state index in [-0.39, 0.29) is 30.6 Å². The minimum atomic E-state index is -1.25. The van der Waals surface area contributed by atoms with Gasteiger partial charge in [0.2, 0.25) is 5.91 Å². The van der Waals surface area contributed by atoms with Crippen molar-refractivity contribution in [3.63, 3.8) is 0 Å². The Hall–Kier alpha value is -2.14. The van der Waals surface area contributed by atoms with Gasteiger partial charge < -0.3 is 14.8 Å². The van der Waals surface area contributed by atoms with Crippen LogP contribution in [0.25, 0.3) is 0 Å². The van der Waals surface area contributed by atoms with E-state index in [2.05, 4.69) is 5.32 Å². The highest BCUT2D eigenvalue weighted by atomic mass is 19.1. The number of hydrogen-bond acceptors (Lipinski definition) is 3. The Morgan fingerprint density at radius 2 is 2.05 bits per heavy atom. The van der Waals surface area contributed by atoms with E-state index < -0.39 is 5.60 Å². The van der Waals surface area contributed by atoms with Crippen LogP contribution in [0, 0.1) is 5.82 Å². The number of carbonyl (C=O) groups excluding carboxylic acids is 1. The van der Waals surface area contributed by atoms with Gasteiger partial charge in [-0.25, -0.2) is 4.39 Å². The van der Waals surface area contributed by atoms with Gasteiger partial charge in [0.15, 0.2) is 0 Å². The van der Waals surface area contributed by atoms with E-state index in [1.54, 1.807) is 31.2 Å². The number of halogens is 1. The molecule has 0 aliphatic heterocycles. The molecule has 0 aliphatic carbocycles. The molecular weight excluding hydrogens is 285 g/mol. The number of furan rings is 1. The lowest BCUT2D eigenvalue weighted by molar-refractivity contribution is -0.122. The van der Waals surface area contributed by atoms with Crippen molar-refractivity contribution in [3.05, 3.63) is 59.8 Å². The lowest BCUT2D eigenvalue weighted by Crippen LogP contribution is -2.38. The third kappa shape index (κ3) is 4.18. The van der Waals surface area contributed by atoms with Crippen LogP contribution in [-0.2, 0) is 10.4 Å². The fourth-order valence-electron chi connectivity index (χ4n) is 2.20. The molecule has 5 heteroatoms. The molecule has 0 bridgehead atoms. The van der Waals surface area contributed by atoms with Crippen LogP contribution in [0.1, 0.15) is 37.5 Å². The van der Waals surface area contributed by atoms with E-state index in [1.807, 2.05) is 6.92 Å². The van der Waals surface area contributed by atoms with Gasteiger partial charge in [0.1, 0.15) is 17.2 Å². The molecule has 0 saturated heterocycles. The summed E-state index contributed by atoms with van der Waals surface area (Å²) in [7, 11) is 0. The fourth-order valence-corrected chi connectivity index (χ4v) is 2.20. The maximum absolute atomic E-state index is 12.9. The first-order valence-electron chi connectivity index (χ1n) is 7.17. The molecule has 0 radical (unpaired) electrons. The van der Waals surface area contributed by atoms with Crippen molar-refractivity contribution in [2.75, 3.05) is 6.54 Å². The summed E-state index contributed by atoms with van der Waals surface area (Å²) in [6.45, 7) is 3.54. The highest BCUT2D eigenvalue weighted by molar-refractivity contribution is 5.76. The van der Waals surface area contributed by atoms with Gasteiger partial charge in [-0.1, -0.05) is 19.1 Å². The van der Waals surface area contributed by atoms with Crippen molar-refractivity contribution in [3.8, 4) is 0 Å². The van der Waals surface area contributed by atoms with Crippen LogP contribution in [0.4, 0.5) is 4.39 Å². The molecule has 22 heavy (non-hydrogen) atoms. The molecule has 2 N–H and O–H groups in total. The molecule has 2 aromatic rings. The van der Waals surface area contributed by atoms with E-state index in [1.165, 1.54) is 18.4 Å². The maximum atomic E-state index is 12.9. The summed E-state index contributed by atoms with van der Waals surface area (Å²) in [5.74, 6) is -0.105. The average Bonchev–Trinajstić information content (AvgIpc) is 3.01. The molecule has 4 nitrogen and oxygen atoms in total. The Bertz CT molecular complexity index is 605. The largest absolute Gasteiger partial charge is 0.466 e. The first-order chi connectivity index (χ1) is 10.4. The maximum Gasteiger partial charge on any atom is 0.220 e. The number of hydrogen-bond donors (Lipinski definition) is 2. The van der Waals surface area contributed by atoms with Crippen molar-refractivity contribution >= 4 is 5.91 Å². The highest BCUT2D eigenvalue weighted by Gasteiger charge is 2.27. The van der Waals surface area contributed by atoms with Crippen molar-refractivity contribution in [2.45, 2.75) is 31.8 Å². The molecule has 2 atom stereocenters. The van der Waals surface area contributed by atoms with Crippen LogP contribution in [0.15, 0.2) is 47.1 Å². The monoisotopic (exact) mass is 305 g/mol. The van der Waals surface area contributed by atoms with Gasteiger partial charge in [-0.15, -0.1) is 0 Å². The highest BCUT2D eigenvalue weighted by Crippen LogP contribution is 2.21. The third-order valence-corrected chi connectivity index (χ3v) is 3.61. The Morgan fingerprint density at radius 3 is 2.64 bits per heavy atom. The van der Waals surface area contributed by atoms with Crippen molar-refractivity contribution < 1.29 is 18.7 Å². The molecule has 0 spiro atoms. The smallest absolute Gasteiger partial charge is 0.220 e. The van der Waals surface area contributed by atoms with E-state index >= 15 is 0 Å². The van der Waals surface area contributed by atoms with Gasteiger partial charge in [-0.05, 0) is 42.7 Å². The normalized spacial score (nSPS) is 15.1. The number of aliphatic hydroxyl groups is 1. The van der Waals surface area contributed by atoms with Gasteiger partial charge in [-0.3, -0.25) is 4.79 Å². The van der Waals surface area contributed by atoms with Crippen LogP contribution in [0.2, 0.25) is 0 Å². The summed E-state index contributed by atoms with van der Waals surface area (Å²) in [6.07, 6.45) is 1.74. The van der Waals surface area contributed by atoms with Crippen LogP contribution < -0.4 is 5.32 Å². The van der Waals surface area contributed by atoms with Crippen LogP contribution >= 0.6 is 0 Å². The zero-order valence-electron chi connectivity index (χ0n) is 12.7. The lowest BCUT2D eigenvalue weighted by atomic mass is 9.97. The molecule has 2 unspecified atom stereocenters. The Morgan fingerprint density at radius 1 is 1.36 bits per heavy atom. The summed E-state index contributed by atoms with van der Waals surface area (Å²) in [5.41, 5.74) is -0.354. The minimum absolute atomic E-state index is 0.0332. The molecule has 1 aromatic heterocycles. The second-order valence-corrected chi connectivity index (χ2v) is 5.68. The van der Waals surface area contributed by atoms with Crippen molar-refractivity contribution in [1.82, 2.24) is 5.32 Å². The van der Waals surface area contributed by atoms with Gasteiger partial charge in [0.05, 0.1) is 12.8 Å². The number of rotatable bonds is 6. The van der Waals surface area contributed by atoms with E-state index in [0.29, 0.717) is 5.76 Å². The predicted molar refractivity (Wildman–Crippen MR) is 80.7 cm³/mol. The molecule has 1 aromatic carbocycles. The predicted octanol–water partition coefficient (Wildman–Crippen LogP) is 2.94. The topological polar surface area (TPSA) is 62.5 Å². The molecule has 0 saturated carbocycles. The molecule has 1 heterocycles. The lowest BCUT2D eigenvalue weighted by Gasteiger charge is -2.21. The SMILES string of the molecule is CC(CC(=O)NCC(C)(O)c1ccco1)c1ccc(F)cc1. The van der Waals surface area contributed by atoms with Gasteiger partial charge in [0.25, 0.3) is 0 Å². The van der Waals surface area contributed by atoms with E-state index in [4.69, 9.17) is 4.42 Å². The molecule has 2 rings (SSSR count). The second kappa shape index (κ2) is 6.75. The molecule has 0 fully saturated rings. The van der Waals surface area contributed by atoms with Crippen molar-refractivity contribution in [2.24, 2.45) is 0 Å². The Kier molecular flexibility index (Phi) is 4.98. The first-order valence-corrected chi connectivity index (χ1v) is 7.17. The molecule has 118 valence electrons. The minimum Gasteiger partial charge on any atom is -0.466 e. The number of benzene rings is 1. The van der Waals surface area contributed by atoms with Crippen LogP contribution in [-0.4, -0.2) is 17.6 Å². The zero-order chi connectivity index (χ0) is 16.2. The van der Waals surface area contributed by atoms with E-state index in [0.717, 1.165) is 5.56 Å². The Balaban J connectivity index is 1.86. The molecule has 1 amide bonds. The fraction of sp³-hybridized carbons (Fsp3) is 0.353. The third-order valence-electron chi connectivity index (χ3n) is 3.61. The average molecular weight is 305 g/mol. The van der Waals surface area contributed by atoms with Crippen molar-refractivity contribution in [1.29, 1.82) is 0 Å². The summed E-state index contributed by atoms with van der Waals surface area (Å²) >= 11 is 0. The zero-order valence-corrected chi connectivity index (χ0v) is 12.7. The summed E-state index contributed by atoms with van der Waals surface area (Å²) in [4.78, 5) is 12.0. The van der Waals surface area contributed by atoms with Crippen LogP contribution in [0.5, 0.6) is 0 Å². The quantitative estimate of drug-likeness (QED) is 0.862. The van der Waals surface area contributed by atoms with Gasteiger partial charge in [-0.2, -0.15) is 0 Å². The Labute approximate surface area is 129 Å². The standard InChI is InChI=1S/C17H20FNO3/c1-12(13-5-7-14(18)8-6-13)10-16(20)19-11-17(2,21)15-4-3-9-22-15/h3-9,12,21H,10-11H2,1-2H3,(H,19,20). The summed E-state index contributed by atoms with van der Waals surface area (Å²) in [5, 5.41) is 13.0. The summed E-state index contributed by atoms with van der Waals surface area (Å²) < 4.78 is 18.0. The molecule has 0 aliphatic rings. The van der Waals surface area contributed by atoms with Crippen LogP contribution in [0.3, 0.4) is 0 Å². The number of carbonyl (C=O) groups is 1.